The Morgan fingerprint density at radius 1 is 0.625 bits per heavy atom. The van der Waals surface area contributed by atoms with Crippen molar-refractivity contribution >= 4 is 22.1 Å². The summed E-state index contributed by atoms with van der Waals surface area (Å²) in [5.74, 6) is -2.05. The normalized spacial score (nSPS) is 21.3. The fourth-order valence-electron chi connectivity index (χ4n) is 5.92. The molecule has 0 aromatic heterocycles. The lowest BCUT2D eigenvalue weighted by molar-refractivity contribution is -0.297. The highest BCUT2D eigenvalue weighted by Crippen LogP contribution is 2.24. The van der Waals surface area contributed by atoms with Crippen molar-refractivity contribution in [3.8, 4) is 0 Å². The molecule has 0 aromatic rings. The molecule has 1 fully saturated rings. The number of carbonyl (C=O) groups is 2. The predicted molar refractivity (Wildman–Crippen MR) is 219 cm³/mol. The number of rotatable bonds is 33. The second-order valence-electron chi connectivity index (χ2n) is 14.4. The lowest BCUT2D eigenvalue weighted by atomic mass is 10.00. The van der Waals surface area contributed by atoms with E-state index in [0.717, 1.165) is 57.8 Å². The summed E-state index contributed by atoms with van der Waals surface area (Å²) in [5, 5.41) is 30.8. The second-order valence-corrected chi connectivity index (χ2v) is 15.9. The smallest absolute Gasteiger partial charge is 0.306 e. The molecular weight excluding hydrogens is 741 g/mol. The molecule has 1 saturated heterocycles. The third kappa shape index (κ3) is 27.9. The third-order valence-corrected chi connectivity index (χ3v) is 9.93. The summed E-state index contributed by atoms with van der Waals surface area (Å²) in [7, 11) is -4.61. The van der Waals surface area contributed by atoms with Crippen molar-refractivity contribution in [3.05, 3.63) is 60.8 Å². The molecule has 4 N–H and O–H groups in total. The molecule has 12 nitrogen and oxygen atoms in total. The van der Waals surface area contributed by atoms with E-state index in [1.165, 1.54) is 44.9 Å². The first-order valence-corrected chi connectivity index (χ1v) is 22.5. The number of esters is 2. The van der Waals surface area contributed by atoms with Gasteiger partial charge < -0.3 is 34.3 Å². The summed E-state index contributed by atoms with van der Waals surface area (Å²) in [6.45, 7) is 3.54. The van der Waals surface area contributed by atoms with Crippen LogP contribution in [0.4, 0.5) is 0 Å². The van der Waals surface area contributed by atoms with E-state index in [0.29, 0.717) is 12.8 Å². The Bertz CT molecular complexity index is 1280. The summed E-state index contributed by atoms with van der Waals surface area (Å²) >= 11 is 0. The number of allylic oxidation sites excluding steroid dienone is 10. The van der Waals surface area contributed by atoms with Gasteiger partial charge in [-0.1, -0.05) is 132 Å². The van der Waals surface area contributed by atoms with Gasteiger partial charge >= 0.3 is 11.9 Å². The number of aliphatic hydroxyl groups is 3. The Labute approximate surface area is 336 Å². The Morgan fingerprint density at radius 3 is 1.75 bits per heavy atom. The van der Waals surface area contributed by atoms with Gasteiger partial charge in [-0.3, -0.25) is 14.1 Å². The van der Waals surface area contributed by atoms with Gasteiger partial charge in [0.1, 0.15) is 36.8 Å². The van der Waals surface area contributed by atoms with Crippen LogP contribution in [0.2, 0.25) is 0 Å². The minimum atomic E-state index is -4.61. The van der Waals surface area contributed by atoms with E-state index in [1.54, 1.807) is 0 Å². The molecule has 3 unspecified atom stereocenters. The zero-order chi connectivity index (χ0) is 41.3. The van der Waals surface area contributed by atoms with Crippen LogP contribution in [0.15, 0.2) is 60.8 Å². The van der Waals surface area contributed by atoms with Crippen molar-refractivity contribution in [2.24, 2.45) is 0 Å². The summed E-state index contributed by atoms with van der Waals surface area (Å²) < 4.78 is 53.9. The molecule has 0 saturated carbocycles. The minimum absolute atomic E-state index is 0.115. The van der Waals surface area contributed by atoms with Gasteiger partial charge in [-0.05, 0) is 57.8 Å². The molecule has 322 valence electrons. The van der Waals surface area contributed by atoms with Crippen LogP contribution in [0.5, 0.6) is 0 Å². The SMILES string of the molecule is CC/C=C/C=C/C=C/C=C/CCCCCC(=O)OC(COC(=O)CCCCCCCCC/C=C/CCCCCC)CO[C@H]1O[C@H](CS(=O)(=O)O)[C@@H](O)C(O)C1O. The third-order valence-electron chi connectivity index (χ3n) is 9.18. The van der Waals surface area contributed by atoms with E-state index >= 15 is 0 Å². The van der Waals surface area contributed by atoms with E-state index in [9.17, 15) is 37.9 Å². The first-order chi connectivity index (χ1) is 27.0. The van der Waals surface area contributed by atoms with Crippen molar-refractivity contribution in [3.63, 3.8) is 0 Å². The second kappa shape index (κ2) is 33.3. The maximum atomic E-state index is 12.7. The lowest BCUT2D eigenvalue weighted by Crippen LogP contribution is -2.60. The first kappa shape index (κ1) is 51.4. The predicted octanol–water partition coefficient (Wildman–Crippen LogP) is 7.78. The molecule has 0 aliphatic carbocycles. The van der Waals surface area contributed by atoms with Crippen LogP contribution in [0.1, 0.15) is 142 Å². The largest absolute Gasteiger partial charge is 0.462 e. The molecule has 0 radical (unpaired) electrons. The summed E-state index contributed by atoms with van der Waals surface area (Å²) in [5.41, 5.74) is 0. The average Bonchev–Trinajstić information content (AvgIpc) is 3.16. The highest BCUT2D eigenvalue weighted by molar-refractivity contribution is 7.85. The standard InChI is InChI=1S/C43H72O12S/c1-3-5-7-9-11-13-15-17-18-20-21-23-25-27-29-31-38(44)52-33-36(34-53-43-42(48)41(47)40(46)37(55-43)35-56(49,50)51)54-39(45)32-30-28-26-24-22-19-16-14-12-10-8-6-4-2/h6,8,10,12-16,19,22,36-37,40-43,46-48H,3-5,7,9,11,17-18,20-21,23-35H2,1-2H3,(H,49,50,51)/b8-6+,12-10+,15-13+,16-14+,22-19+/t36?,37-,40-,41?,42?,43+/m1/s1. The zero-order valence-electron chi connectivity index (χ0n) is 34.0. The summed E-state index contributed by atoms with van der Waals surface area (Å²) in [6, 6.07) is 0. The number of aliphatic hydroxyl groups excluding tert-OH is 3. The highest BCUT2D eigenvalue weighted by atomic mass is 32.2. The van der Waals surface area contributed by atoms with Gasteiger partial charge in [0.05, 0.1) is 6.61 Å². The van der Waals surface area contributed by atoms with Crippen molar-refractivity contribution in [2.75, 3.05) is 19.0 Å². The Hall–Kier alpha value is -2.65. The fourth-order valence-corrected chi connectivity index (χ4v) is 6.61. The average molecular weight is 813 g/mol. The van der Waals surface area contributed by atoms with E-state index in [-0.39, 0.29) is 19.4 Å². The van der Waals surface area contributed by atoms with Crippen LogP contribution in [-0.2, 0) is 38.7 Å². The van der Waals surface area contributed by atoms with Crippen molar-refractivity contribution in [1.29, 1.82) is 0 Å². The molecule has 6 atom stereocenters. The van der Waals surface area contributed by atoms with Crippen LogP contribution in [0, 0.1) is 0 Å². The molecule has 0 spiro atoms. The van der Waals surface area contributed by atoms with Crippen molar-refractivity contribution in [2.45, 2.75) is 179 Å². The maximum Gasteiger partial charge on any atom is 0.306 e. The van der Waals surface area contributed by atoms with Crippen LogP contribution in [0.25, 0.3) is 0 Å². The Morgan fingerprint density at radius 2 is 1.14 bits per heavy atom. The maximum absolute atomic E-state index is 12.7. The Balaban J connectivity index is 2.52. The van der Waals surface area contributed by atoms with Gasteiger partial charge in [0.2, 0.25) is 0 Å². The van der Waals surface area contributed by atoms with E-state index in [1.807, 2.05) is 36.5 Å². The van der Waals surface area contributed by atoms with Crippen LogP contribution < -0.4 is 0 Å². The van der Waals surface area contributed by atoms with E-state index in [4.69, 9.17) is 18.9 Å². The number of hydrogen-bond donors (Lipinski definition) is 4. The number of hydrogen-bond acceptors (Lipinski definition) is 11. The molecule has 1 aliphatic rings. The van der Waals surface area contributed by atoms with Gasteiger partial charge in [0.25, 0.3) is 10.1 Å². The van der Waals surface area contributed by atoms with Gasteiger partial charge in [-0.25, -0.2) is 0 Å². The molecule has 13 heteroatoms. The molecular formula is C43H72O12S. The number of ether oxygens (including phenoxy) is 4. The molecule has 56 heavy (non-hydrogen) atoms. The van der Waals surface area contributed by atoms with Gasteiger partial charge in [-0.15, -0.1) is 0 Å². The number of unbranched alkanes of at least 4 members (excludes halogenated alkanes) is 14. The van der Waals surface area contributed by atoms with Crippen LogP contribution >= 0.6 is 0 Å². The summed E-state index contributed by atoms with van der Waals surface area (Å²) in [4.78, 5) is 25.3. The molecule has 0 amide bonds. The topological polar surface area (TPSA) is 186 Å². The first-order valence-electron chi connectivity index (χ1n) is 20.9. The van der Waals surface area contributed by atoms with Crippen molar-refractivity contribution < 1.29 is 56.8 Å². The highest BCUT2D eigenvalue weighted by Gasteiger charge is 2.46. The summed E-state index contributed by atoms with van der Waals surface area (Å²) in [6.07, 6.45) is 29.9. The molecule has 0 aromatic carbocycles. The zero-order valence-corrected chi connectivity index (χ0v) is 34.8. The molecule has 1 rings (SSSR count). The molecule has 1 heterocycles. The van der Waals surface area contributed by atoms with Crippen LogP contribution in [0.3, 0.4) is 0 Å². The van der Waals surface area contributed by atoms with E-state index in [2.05, 4.69) is 38.2 Å². The van der Waals surface area contributed by atoms with Gasteiger partial charge in [0.15, 0.2) is 12.4 Å². The fraction of sp³-hybridized carbons (Fsp3) is 0.721. The molecule has 0 bridgehead atoms. The Kier molecular flexibility index (Phi) is 30.6. The lowest BCUT2D eigenvalue weighted by Gasteiger charge is -2.40. The number of carbonyl (C=O) groups excluding carboxylic acids is 2. The van der Waals surface area contributed by atoms with Gasteiger partial charge in [-0.2, -0.15) is 8.42 Å². The quantitative estimate of drug-likeness (QED) is 0.0166. The minimum Gasteiger partial charge on any atom is -0.462 e. The van der Waals surface area contributed by atoms with E-state index < -0.39 is 71.2 Å². The van der Waals surface area contributed by atoms with Crippen molar-refractivity contribution in [1.82, 2.24) is 0 Å². The monoisotopic (exact) mass is 812 g/mol. The molecule has 1 aliphatic heterocycles. The van der Waals surface area contributed by atoms with Crippen LogP contribution in [-0.4, -0.2) is 96.0 Å². The van der Waals surface area contributed by atoms with Gasteiger partial charge in [0, 0.05) is 12.8 Å².